The highest BCUT2D eigenvalue weighted by Gasteiger charge is 2.19. The summed E-state index contributed by atoms with van der Waals surface area (Å²) < 4.78 is 32.5. The van der Waals surface area contributed by atoms with Gasteiger partial charge in [0, 0.05) is 11.1 Å². The number of ether oxygens (including phenoxy) is 1. The van der Waals surface area contributed by atoms with Crippen LogP contribution in [-0.4, -0.2) is 33.5 Å². The topological polar surface area (TPSA) is 84.5 Å². The van der Waals surface area contributed by atoms with E-state index >= 15 is 0 Å². The van der Waals surface area contributed by atoms with E-state index in [1.807, 2.05) is 0 Å². The molecule has 0 radical (unpaired) electrons. The molecule has 146 valence electrons. The molecule has 0 aromatic heterocycles. The van der Waals surface area contributed by atoms with E-state index in [9.17, 15) is 13.2 Å². The fourth-order valence-electron chi connectivity index (χ4n) is 2.18. The molecule has 0 bridgehead atoms. The maximum Gasteiger partial charge on any atom is 0.252 e. The van der Waals surface area contributed by atoms with E-state index in [-0.39, 0.29) is 34.7 Å². The number of hydrogen-bond acceptors (Lipinski definition) is 4. The molecule has 0 saturated heterocycles. The maximum absolute atomic E-state index is 12.3. The minimum Gasteiger partial charge on any atom is -0.492 e. The summed E-state index contributed by atoms with van der Waals surface area (Å²) in [5.41, 5.74) is 0.0785. The fourth-order valence-corrected chi connectivity index (χ4v) is 3.79. The lowest BCUT2D eigenvalue weighted by Crippen LogP contribution is -2.31. The molecule has 0 aliphatic rings. The Bertz CT molecular complexity index is 900. The quantitative estimate of drug-likeness (QED) is 0.627. The van der Waals surface area contributed by atoms with Crippen molar-refractivity contribution in [3.05, 3.63) is 58.1 Å². The third-order valence-corrected chi connectivity index (χ3v) is 5.59. The first kappa shape index (κ1) is 21.5. The summed E-state index contributed by atoms with van der Waals surface area (Å²) in [5.74, 6) is 0.140. The van der Waals surface area contributed by atoms with Crippen molar-refractivity contribution in [3.63, 3.8) is 0 Å². The molecule has 2 aromatic rings. The van der Waals surface area contributed by atoms with Gasteiger partial charge in [-0.15, -0.1) is 0 Å². The lowest BCUT2D eigenvalue weighted by atomic mass is 10.2. The summed E-state index contributed by atoms with van der Waals surface area (Å²) in [6.45, 7) is 3.88. The molecule has 2 rings (SSSR count). The van der Waals surface area contributed by atoms with Crippen LogP contribution in [0.15, 0.2) is 47.4 Å². The Hall–Kier alpha value is -1.80. The Kier molecular flexibility index (Phi) is 7.49. The van der Waals surface area contributed by atoms with Crippen LogP contribution in [0.1, 0.15) is 24.2 Å². The second kappa shape index (κ2) is 9.41. The zero-order valence-corrected chi connectivity index (χ0v) is 17.2. The molecule has 0 fully saturated rings. The summed E-state index contributed by atoms with van der Waals surface area (Å²) >= 11 is 11.8. The zero-order valence-electron chi connectivity index (χ0n) is 14.8. The van der Waals surface area contributed by atoms with Crippen molar-refractivity contribution in [2.45, 2.75) is 24.8 Å². The number of carbonyl (C=O) groups is 1. The van der Waals surface area contributed by atoms with Gasteiger partial charge in [0.15, 0.2) is 0 Å². The summed E-state index contributed by atoms with van der Waals surface area (Å²) in [7, 11) is -3.72. The number of carbonyl (C=O) groups excluding carboxylic acids is 1. The largest absolute Gasteiger partial charge is 0.492 e. The van der Waals surface area contributed by atoms with Gasteiger partial charge in [-0.2, -0.15) is 0 Å². The minimum absolute atomic E-state index is 0.0248. The lowest BCUT2D eigenvalue weighted by Gasteiger charge is -2.12. The Morgan fingerprint density at radius 3 is 2.41 bits per heavy atom. The number of amides is 1. The van der Waals surface area contributed by atoms with E-state index in [2.05, 4.69) is 10.0 Å². The van der Waals surface area contributed by atoms with E-state index < -0.39 is 15.9 Å². The van der Waals surface area contributed by atoms with Gasteiger partial charge in [-0.3, -0.25) is 4.79 Å². The molecule has 0 atom stereocenters. The van der Waals surface area contributed by atoms with Crippen molar-refractivity contribution in [2.24, 2.45) is 0 Å². The van der Waals surface area contributed by atoms with Gasteiger partial charge in [0.2, 0.25) is 10.0 Å². The standard InChI is InChI=1S/C18H20Cl2N2O4S/c1-12(2)22-27(24,25)15-7-8-17(20)16(11-15)18(23)21-9-10-26-14-5-3-13(19)4-6-14/h3-8,11-12,22H,9-10H2,1-2H3,(H,21,23). The molecule has 0 unspecified atom stereocenters. The molecular formula is C18H20Cl2N2O4S. The van der Waals surface area contributed by atoms with Gasteiger partial charge < -0.3 is 10.1 Å². The van der Waals surface area contributed by atoms with Gasteiger partial charge in [-0.25, -0.2) is 13.1 Å². The minimum atomic E-state index is -3.72. The van der Waals surface area contributed by atoms with Gasteiger partial charge in [0.25, 0.3) is 5.91 Å². The first-order chi connectivity index (χ1) is 12.7. The highest BCUT2D eigenvalue weighted by molar-refractivity contribution is 7.89. The maximum atomic E-state index is 12.3. The van der Waals surface area contributed by atoms with Crippen LogP contribution >= 0.6 is 23.2 Å². The van der Waals surface area contributed by atoms with E-state index in [1.54, 1.807) is 38.1 Å². The van der Waals surface area contributed by atoms with Gasteiger partial charge in [-0.05, 0) is 56.3 Å². The molecule has 9 heteroatoms. The molecule has 0 spiro atoms. The number of nitrogens with one attached hydrogen (secondary N) is 2. The molecule has 0 aliphatic heterocycles. The van der Waals surface area contributed by atoms with Gasteiger partial charge >= 0.3 is 0 Å². The smallest absolute Gasteiger partial charge is 0.252 e. The summed E-state index contributed by atoms with van der Waals surface area (Å²) in [4.78, 5) is 12.3. The third kappa shape index (κ3) is 6.39. The number of benzene rings is 2. The van der Waals surface area contributed by atoms with Crippen molar-refractivity contribution in [1.29, 1.82) is 0 Å². The number of sulfonamides is 1. The number of halogens is 2. The summed E-state index contributed by atoms with van der Waals surface area (Å²) in [6, 6.07) is 10.6. The molecular weight excluding hydrogens is 411 g/mol. The van der Waals surface area contributed by atoms with Crippen molar-refractivity contribution in [3.8, 4) is 5.75 Å². The van der Waals surface area contributed by atoms with Gasteiger partial charge in [-0.1, -0.05) is 23.2 Å². The highest BCUT2D eigenvalue weighted by atomic mass is 35.5. The Morgan fingerprint density at radius 2 is 1.78 bits per heavy atom. The van der Waals surface area contributed by atoms with Crippen LogP contribution in [-0.2, 0) is 10.0 Å². The highest BCUT2D eigenvalue weighted by Crippen LogP contribution is 2.21. The lowest BCUT2D eigenvalue weighted by molar-refractivity contribution is 0.0947. The Labute approximate surface area is 168 Å². The SMILES string of the molecule is CC(C)NS(=O)(=O)c1ccc(Cl)c(C(=O)NCCOc2ccc(Cl)cc2)c1. The van der Waals surface area contributed by atoms with Crippen LogP contribution in [0.3, 0.4) is 0 Å². The first-order valence-electron chi connectivity index (χ1n) is 8.17. The van der Waals surface area contributed by atoms with Crippen LogP contribution in [0.4, 0.5) is 0 Å². The normalized spacial score (nSPS) is 11.4. The molecule has 27 heavy (non-hydrogen) atoms. The van der Waals surface area contributed by atoms with Crippen LogP contribution in [0.5, 0.6) is 5.75 Å². The third-order valence-electron chi connectivity index (χ3n) is 3.35. The molecule has 1 amide bonds. The Balaban J connectivity index is 1.99. The molecule has 6 nitrogen and oxygen atoms in total. The van der Waals surface area contributed by atoms with E-state index in [0.29, 0.717) is 10.8 Å². The predicted molar refractivity (Wildman–Crippen MR) is 106 cm³/mol. The monoisotopic (exact) mass is 430 g/mol. The first-order valence-corrected chi connectivity index (χ1v) is 10.4. The molecule has 2 N–H and O–H groups in total. The summed E-state index contributed by atoms with van der Waals surface area (Å²) in [6.07, 6.45) is 0. The van der Waals surface area contributed by atoms with Gasteiger partial charge in [0.1, 0.15) is 12.4 Å². The fraction of sp³-hybridized carbons (Fsp3) is 0.278. The Morgan fingerprint density at radius 1 is 1.11 bits per heavy atom. The van der Waals surface area contributed by atoms with E-state index in [0.717, 1.165) is 0 Å². The predicted octanol–water partition coefficient (Wildman–Crippen LogP) is 3.49. The van der Waals surface area contributed by atoms with Crippen LogP contribution in [0, 0.1) is 0 Å². The second-order valence-electron chi connectivity index (χ2n) is 5.98. The zero-order chi connectivity index (χ0) is 20.0. The van der Waals surface area contributed by atoms with Crippen molar-refractivity contribution in [2.75, 3.05) is 13.2 Å². The average Bonchev–Trinajstić information content (AvgIpc) is 2.59. The molecule has 0 saturated carbocycles. The number of rotatable bonds is 8. The molecule has 0 aliphatic carbocycles. The van der Waals surface area contributed by atoms with Crippen LogP contribution in [0.25, 0.3) is 0 Å². The van der Waals surface area contributed by atoms with Crippen molar-refractivity contribution >= 4 is 39.1 Å². The number of hydrogen-bond donors (Lipinski definition) is 2. The summed E-state index contributed by atoms with van der Waals surface area (Å²) in [5, 5.41) is 3.42. The second-order valence-corrected chi connectivity index (χ2v) is 8.53. The molecule has 2 aromatic carbocycles. The van der Waals surface area contributed by atoms with E-state index in [1.165, 1.54) is 18.2 Å². The van der Waals surface area contributed by atoms with Crippen molar-refractivity contribution in [1.82, 2.24) is 10.0 Å². The van der Waals surface area contributed by atoms with Crippen LogP contribution < -0.4 is 14.8 Å². The van der Waals surface area contributed by atoms with E-state index in [4.69, 9.17) is 27.9 Å². The van der Waals surface area contributed by atoms with Crippen molar-refractivity contribution < 1.29 is 17.9 Å². The molecule has 0 heterocycles. The van der Waals surface area contributed by atoms with Gasteiger partial charge in [0.05, 0.1) is 22.0 Å². The average molecular weight is 431 g/mol. The van der Waals surface area contributed by atoms with Crippen LogP contribution in [0.2, 0.25) is 10.0 Å².